The van der Waals surface area contributed by atoms with Gasteiger partial charge in [-0.2, -0.15) is 0 Å². The van der Waals surface area contributed by atoms with Crippen LogP contribution in [-0.4, -0.2) is 46.5 Å². The lowest BCUT2D eigenvalue weighted by Gasteiger charge is -2.30. The lowest BCUT2D eigenvalue weighted by Crippen LogP contribution is -2.29. The predicted octanol–water partition coefficient (Wildman–Crippen LogP) is 4.92. The van der Waals surface area contributed by atoms with Crippen molar-refractivity contribution in [2.75, 3.05) is 31.1 Å². The number of ether oxygens (including phenoxy) is 1. The normalized spacial score (nSPS) is 23.1. The van der Waals surface area contributed by atoms with E-state index in [-0.39, 0.29) is 12.1 Å². The van der Waals surface area contributed by atoms with E-state index < -0.39 is 0 Å². The lowest BCUT2D eigenvalue weighted by molar-refractivity contribution is 0.292. The first-order valence-electron chi connectivity index (χ1n) is 10.6. The molecule has 1 fully saturated rings. The van der Waals surface area contributed by atoms with Crippen molar-refractivity contribution in [1.29, 1.82) is 0 Å². The number of hydrogen-bond donors (Lipinski definition) is 0. The zero-order valence-electron chi connectivity index (χ0n) is 17.7. The summed E-state index contributed by atoms with van der Waals surface area (Å²) in [7, 11) is 0. The monoisotopic (exact) mass is 410 g/mol. The standard InChI is InChI=1S/C23H30N4OS/c1-5-26(6-2)17-11-12-18(20(14-17)28-7-3)22-21(19-10-8-9-13-24-19)25-23-27(22)15-16(4)29-23/h8-14,16,21-22H,5-7,15H2,1-4H3. The molecule has 3 unspecified atom stereocenters. The smallest absolute Gasteiger partial charge is 0.160 e. The molecular weight excluding hydrogens is 380 g/mol. The van der Waals surface area contributed by atoms with Gasteiger partial charge in [0.2, 0.25) is 0 Å². The second kappa shape index (κ2) is 8.66. The Kier molecular flexibility index (Phi) is 5.99. The Balaban J connectivity index is 1.78. The Morgan fingerprint density at radius 2 is 2.00 bits per heavy atom. The molecule has 29 heavy (non-hydrogen) atoms. The van der Waals surface area contributed by atoms with Crippen LogP contribution in [0.2, 0.25) is 0 Å². The highest BCUT2D eigenvalue weighted by atomic mass is 32.2. The van der Waals surface area contributed by atoms with Crippen molar-refractivity contribution in [3.8, 4) is 5.75 Å². The van der Waals surface area contributed by atoms with Gasteiger partial charge in [-0.1, -0.05) is 30.8 Å². The first-order valence-corrected chi connectivity index (χ1v) is 11.5. The van der Waals surface area contributed by atoms with E-state index in [0.29, 0.717) is 11.9 Å². The zero-order valence-corrected chi connectivity index (χ0v) is 18.5. The Labute approximate surface area is 178 Å². The average molecular weight is 411 g/mol. The quantitative estimate of drug-likeness (QED) is 0.648. The maximum Gasteiger partial charge on any atom is 0.160 e. The van der Waals surface area contributed by atoms with E-state index in [9.17, 15) is 0 Å². The molecular formula is C23H30N4OS. The summed E-state index contributed by atoms with van der Waals surface area (Å²) in [5, 5.41) is 1.68. The van der Waals surface area contributed by atoms with E-state index in [1.165, 1.54) is 11.3 Å². The van der Waals surface area contributed by atoms with E-state index in [4.69, 9.17) is 9.73 Å². The molecule has 0 bridgehead atoms. The van der Waals surface area contributed by atoms with Crippen LogP contribution in [-0.2, 0) is 0 Å². The molecule has 0 spiro atoms. The van der Waals surface area contributed by atoms with E-state index in [2.05, 4.69) is 66.7 Å². The minimum atomic E-state index is -0.00953. The van der Waals surface area contributed by atoms with Gasteiger partial charge in [0.25, 0.3) is 0 Å². The maximum atomic E-state index is 6.16. The summed E-state index contributed by atoms with van der Waals surface area (Å²) in [6.07, 6.45) is 1.86. The van der Waals surface area contributed by atoms with E-state index in [0.717, 1.165) is 36.2 Å². The fourth-order valence-corrected chi connectivity index (χ4v) is 5.38. The van der Waals surface area contributed by atoms with Crippen molar-refractivity contribution in [2.24, 2.45) is 4.99 Å². The summed E-state index contributed by atoms with van der Waals surface area (Å²) in [5.41, 5.74) is 3.43. The van der Waals surface area contributed by atoms with E-state index >= 15 is 0 Å². The van der Waals surface area contributed by atoms with Crippen LogP contribution >= 0.6 is 11.8 Å². The topological polar surface area (TPSA) is 41.0 Å². The highest BCUT2D eigenvalue weighted by Crippen LogP contribution is 2.50. The summed E-state index contributed by atoms with van der Waals surface area (Å²) in [4.78, 5) is 14.5. The molecule has 6 heteroatoms. The fourth-order valence-electron chi connectivity index (χ4n) is 4.29. The summed E-state index contributed by atoms with van der Waals surface area (Å²) in [6.45, 7) is 12.3. The summed E-state index contributed by atoms with van der Waals surface area (Å²) in [6, 6.07) is 12.9. The van der Waals surface area contributed by atoms with Crippen LogP contribution < -0.4 is 9.64 Å². The van der Waals surface area contributed by atoms with Crippen molar-refractivity contribution in [2.45, 2.75) is 45.0 Å². The van der Waals surface area contributed by atoms with Crippen molar-refractivity contribution in [3.05, 3.63) is 53.9 Å². The van der Waals surface area contributed by atoms with Crippen LogP contribution in [0.15, 0.2) is 47.6 Å². The minimum Gasteiger partial charge on any atom is -0.493 e. The maximum absolute atomic E-state index is 6.16. The number of thioether (sulfide) groups is 1. The van der Waals surface area contributed by atoms with E-state index in [1.807, 2.05) is 30.1 Å². The van der Waals surface area contributed by atoms with Crippen LogP contribution in [0.25, 0.3) is 0 Å². The van der Waals surface area contributed by atoms with Gasteiger partial charge in [0.05, 0.1) is 18.3 Å². The molecule has 0 saturated carbocycles. The second-order valence-electron chi connectivity index (χ2n) is 7.46. The molecule has 1 aromatic carbocycles. The number of amidine groups is 1. The fraction of sp³-hybridized carbons (Fsp3) is 0.478. The molecule has 0 aliphatic carbocycles. The van der Waals surface area contributed by atoms with Gasteiger partial charge in [0.15, 0.2) is 5.17 Å². The number of nitrogens with zero attached hydrogens (tertiary/aromatic N) is 4. The molecule has 154 valence electrons. The highest BCUT2D eigenvalue weighted by molar-refractivity contribution is 8.14. The molecule has 4 rings (SSSR count). The van der Waals surface area contributed by atoms with Gasteiger partial charge in [-0.3, -0.25) is 9.98 Å². The molecule has 2 aliphatic rings. The van der Waals surface area contributed by atoms with Crippen molar-refractivity contribution >= 4 is 22.6 Å². The Hall–Kier alpha value is -2.21. The molecule has 3 heterocycles. The molecule has 5 nitrogen and oxygen atoms in total. The molecule has 0 amide bonds. The number of benzene rings is 1. The van der Waals surface area contributed by atoms with Crippen LogP contribution in [0.5, 0.6) is 5.75 Å². The van der Waals surface area contributed by atoms with Crippen LogP contribution in [0, 0.1) is 0 Å². The third kappa shape index (κ3) is 3.82. The Morgan fingerprint density at radius 3 is 2.69 bits per heavy atom. The van der Waals surface area contributed by atoms with Gasteiger partial charge in [-0.15, -0.1) is 0 Å². The van der Waals surface area contributed by atoms with Crippen molar-refractivity contribution in [3.63, 3.8) is 0 Å². The van der Waals surface area contributed by atoms with Crippen molar-refractivity contribution in [1.82, 2.24) is 9.88 Å². The van der Waals surface area contributed by atoms with Gasteiger partial charge < -0.3 is 14.5 Å². The summed E-state index contributed by atoms with van der Waals surface area (Å²) in [5.74, 6) is 0.962. The average Bonchev–Trinajstić information content (AvgIpc) is 3.26. The van der Waals surface area contributed by atoms with Gasteiger partial charge in [0, 0.05) is 48.4 Å². The molecule has 0 N–H and O–H groups in total. The predicted molar refractivity (Wildman–Crippen MR) is 122 cm³/mol. The van der Waals surface area contributed by atoms with Crippen LogP contribution in [0.3, 0.4) is 0 Å². The van der Waals surface area contributed by atoms with Gasteiger partial charge >= 0.3 is 0 Å². The molecule has 0 radical (unpaired) electrons. The molecule has 1 aromatic heterocycles. The van der Waals surface area contributed by atoms with Crippen LogP contribution in [0.1, 0.15) is 51.0 Å². The number of pyridine rings is 1. The van der Waals surface area contributed by atoms with Crippen molar-refractivity contribution < 1.29 is 4.74 Å². The third-order valence-corrected chi connectivity index (χ3v) is 6.73. The van der Waals surface area contributed by atoms with Crippen LogP contribution in [0.4, 0.5) is 5.69 Å². The van der Waals surface area contributed by atoms with Gasteiger partial charge in [0.1, 0.15) is 11.8 Å². The Morgan fingerprint density at radius 1 is 1.17 bits per heavy atom. The molecule has 2 aliphatic heterocycles. The molecule has 1 saturated heterocycles. The largest absolute Gasteiger partial charge is 0.493 e. The SMILES string of the molecule is CCOc1cc(N(CC)CC)ccc1C1C(c2ccccn2)N=C2SC(C)CN21. The lowest BCUT2D eigenvalue weighted by atomic mass is 9.95. The van der Waals surface area contributed by atoms with Gasteiger partial charge in [-0.05, 0) is 39.0 Å². The zero-order chi connectivity index (χ0) is 20.4. The van der Waals surface area contributed by atoms with Gasteiger partial charge in [-0.25, -0.2) is 0 Å². The second-order valence-corrected chi connectivity index (χ2v) is 8.87. The Bertz CT molecular complexity index is 868. The number of rotatable bonds is 7. The number of fused-ring (bicyclic) bond motifs is 1. The number of anilines is 1. The molecule has 2 aromatic rings. The first-order chi connectivity index (χ1) is 14.2. The third-order valence-electron chi connectivity index (χ3n) is 5.63. The molecule has 3 atom stereocenters. The summed E-state index contributed by atoms with van der Waals surface area (Å²) >= 11 is 1.87. The highest BCUT2D eigenvalue weighted by Gasteiger charge is 2.44. The minimum absolute atomic E-state index is 0.00953. The summed E-state index contributed by atoms with van der Waals surface area (Å²) < 4.78 is 6.16. The number of aromatic nitrogens is 1. The number of hydrogen-bond acceptors (Lipinski definition) is 6. The van der Waals surface area contributed by atoms with E-state index in [1.54, 1.807) is 0 Å². The first kappa shape index (κ1) is 20.1. The number of aliphatic imine (C=N–C) groups is 1.